The highest BCUT2D eigenvalue weighted by molar-refractivity contribution is 5.76. The van der Waals surface area contributed by atoms with Crippen LogP contribution in [0.4, 0.5) is 0 Å². The standard InChI is InChI=1S/C11H20O4/c1-7(2)15-9(12)8(3)6-11(4,5)10(13)14/h7-8H,6H2,1-5H3,(H,13,14). The average molecular weight is 216 g/mol. The Hall–Kier alpha value is -1.06. The van der Waals surface area contributed by atoms with E-state index in [-0.39, 0.29) is 18.5 Å². The van der Waals surface area contributed by atoms with E-state index in [0.717, 1.165) is 0 Å². The Morgan fingerprint density at radius 2 is 1.73 bits per heavy atom. The van der Waals surface area contributed by atoms with E-state index in [9.17, 15) is 9.59 Å². The zero-order chi connectivity index (χ0) is 12.2. The molecule has 0 saturated heterocycles. The van der Waals surface area contributed by atoms with E-state index in [2.05, 4.69) is 0 Å². The zero-order valence-electron chi connectivity index (χ0n) is 10.0. The number of carboxylic acid groups (broad SMARTS) is 1. The minimum absolute atomic E-state index is 0.159. The first-order chi connectivity index (χ1) is 6.66. The molecular formula is C11H20O4. The fraction of sp³-hybridized carbons (Fsp3) is 0.818. The van der Waals surface area contributed by atoms with Crippen LogP contribution in [-0.4, -0.2) is 23.1 Å². The molecule has 0 heterocycles. The number of hydrogen-bond acceptors (Lipinski definition) is 3. The van der Waals surface area contributed by atoms with Gasteiger partial charge in [-0.05, 0) is 34.1 Å². The highest BCUT2D eigenvalue weighted by Gasteiger charge is 2.32. The maximum absolute atomic E-state index is 11.4. The lowest BCUT2D eigenvalue weighted by Gasteiger charge is -2.23. The molecule has 0 rings (SSSR count). The third-order valence-electron chi connectivity index (χ3n) is 2.15. The first-order valence-corrected chi connectivity index (χ1v) is 5.10. The summed E-state index contributed by atoms with van der Waals surface area (Å²) in [6.45, 7) is 8.44. The number of carbonyl (C=O) groups is 2. The number of hydrogen-bond donors (Lipinski definition) is 1. The Morgan fingerprint density at radius 1 is 1.27 bits per heavy atom. The van der Waals surface area contributed by atoms with Crippen LogP contribution in [0.1, 0.15) is 41.0 Å². The topological polar surface area (TPSA) is 63.6 Å². The van der Waals surface area contributed by atoms with Crippen molar-refractivity contribution in [2.75, 3.05) is 0 Å². The Morgan fingerprint density at radius 3 is 2.07 bits per heavy atom. The maximum Gasteiger partial charge on any atom is 0.309 e. The quantitative estimate of drug-likeness (QED) is 0.714. The molecule has 4 heteroatoms. The summed E-state index contributed by atoms with van der Waals surface area (Å²) in [5.41, 5.74) is -0.893. The molecule has 0 aromatic carbocycles. The Kier molecular flexibility index (Phi) is 4.78. The summed E-state index contributed by atoms with van der Waals surface area (Å²) in [7, 11) is 0. The fourth-order valence-electron chi connectivity index (χ4n) is 1.28. The van der Waals surface area contributed by atoms with Crippen LogP contribution in [0.3, 0.4) is 0 Å². The van der Waals surface area contributed by atoms with E-state index < -0.39 is 17.3 Å². The number of ether oxygens (including phenoxy) is 1. The van der Waals surface area contributed by atoms with Crippen molar-refractivity contribution >= 4 is 11.9 Å². The van der Waals surface area contributed by atoms with Gasteiger partial charge in [-0.1, -0.05) is 6.92 Å². The molecule has 1 atom stereocenters. The van der Waals surface area contributed by atoms with Crippen LogP contribution in [0, 0.1) is 11.3 Å². The van der Waals surface area contributed by atoms with Crippen molar-refractivity contribution < 1.29 is 19.4 Å². The minimum atomic E-state index is -0.897. The van der Waals surface area contributed by atoms with Gasteiger partial charge in [0, 0.05) is 0 Å². The summed E-state index contributed by atoms with van der Waals surface area (Å²) >= 11 is 0. The van der Waals surface area contributed by atoms with Crippen molar-refractivity contribution in [1.29, 1.82) is 0 Å². The Labute approximate surface area is 90.6 Å². The first kappa shape index (κ1) is 13.9. The molecule has 0 fully saturated rings. The summed E-state index contributed by atoms with van der Waals surface area (Å²) in [6.07, 6.45) is 0.126. The monoisotopic (exact) mass is 216 g/mol. The van der Waals surface area contributed by atoms with E-state index in [1.54, 1.807) is 34.6 Å². The number of esters is 1. The smallest absolute Gasteiger partial charge is 0.309 e. The van der Waals surface area contributed by atoms with E-state index in [1.807, 2.05) is 0 Å². The van der Waals surface area contributed by atoms with Crippen molar-refractivity contribution in [3.05, 3.63) is 0 Å². The van der Waals surface area contributed by atoms with E-state index in [0.29, 0.717) is 0 Å². The predicted molar refractivity (Wildman–Crippen MR) is 56.4 cm³/mol. The third kappa shape index (κ3) is 4.81. The van der Waals surface area contributed by atoms with E-state index in [1.165, 1.54) is 0 Å². The molecule has 0 bridgehead atoms. The number of aliphatic carboxylic acids is 1. The molecule has 88 valence electrons. The second kappa shape index (κ2) is 5.14. The van der Waals surface area contributed by atoms with Crippen LogP contribution >= 0.6 is 0 Å². The van der Waals surface area contributed by atoms with Gasteiger partial charge in [0.05, 0.1) is 17.4 Å². The predicted octanol–water partition coefficient (Wildman–Crippen LogP) is 2.07. The second-order valence-electron chi connectivity index (χ2n) is 4.78. The van der Waals surface area contributed by atoms with Crippen molar-refractivity contribution in [2.24, 2.45) is 11.3 Å². The van der Waals surface area contributed by atoms with Crippen molar-refractivity contribution in [2.45, 2.75) is 47.1 Å². The third-order valence-corrected chi connectivity index (χ3v) is 2.15. The van der Waals surface area contributed by atoms with Gasteiger partial charge in [-0.3, -0.25) is 9.59 Å². The second-order valence-corrected chi connectivity index (χ2v) is 4.78. The number of carbonyl (C=O) groups excluding carboxylic acids is 1. The normalized spacial score (nSPS) is 13.7. The molecule has 0 spiro atoms. The van der Waals surface area contributed by atoms with Gasteiger partial charge in [-0.2, -0.15) is 0 Å². The van der Waals surface area contributed by atoms with Crippen LogP contribution in [0.15, 0.2) is 0 Å². The fourth-order valence-corrected chi connectivity index (χ4v) is 1.28. The van der Waals surface area contributed by atoms with Gasteiger partial charge in [0.1, 0.15) is 0 Å². The summed E-state index contributed by atoms with van der Waals surface area (Å²) in [4.78, 5) is 22.3. The Balaban J connectivity index is 4.30. The molecule has 1 N–H and O–H groups in total. The lowest BCUT2D eigenvalue weighted by Crippen LogP contribution is -2.30. The molecule has 1 unspecified atom stereocenters. The molecule has 0 aliphatic rings. The average Bonchev–Trinajstić information content (AvgIpc) is 2.01. The zero-order valence-corrected chi connectivity index (χ0v) is 10.0. The minimum Gasteiger partial charge on any atom is -0.481 e. The summed E-state index contributed by atoms with van der Waals surface area (Å²) in [5, 5.41) is 8.90. The van der Waals surface area contributed by atoms with Gasteiger partial charge in [0.25, 0.3) is 0 Å². The van der Waals surface area contributed by atoms with Crippen LogP contribution in [-0.2, 0) is 14.3 Å². The van der Waals surface area contributed by atoms with Crippen molar-refractivity contribution in [3.63, 3.8) is 0 Å². The largest absolute Gasteiger partial charge is 0.481 e. The molecule has 0 amide bonds. The van der Waals surface area contributed by atoms with Gasteiger partial charge in [0.15, 0.2) is 0 Å². The van der Waals surface area contributed by atoms with E-state index >= 15 is 0 Å². The SMILES string of the molecule is CC(C)OC(=O)C(C)CC(C)(C)C(=O)O. The van der Waals surface area contributed by atoms with Crippen LogP contribution < -0.4 is 0 Å². The van der Waals surface area contributed by atoms with Crippen LogP contribution in [0.2, 0.25) is 0 Å². The molecule has 0 radical (unpaired) electrons. The summed E-state index contributed by atoms with van der Waals surface area (Å²) < 4.78 is 5.01. The molecule has 4 nitrogen and oxygen atoms in total. The van der Waals surface area contributed by atoms with Crippen LogP contribution in [0.5, 0.6) is 0 Å². The summed E-state index contributed by atoms with van der Waals surface area (Å²) in [5.74, 6) is -1.62. The summed E-state index contributed by atoms with van der Waals surface area (Å²) in [6, 6.07) is 0. The highest BCUT2D eigenvalue weighted by Crippen LogP contribution is 2.26. The molecule has 0 aliphatic carbocycles. The van der Waals surface area contributed by atoms with Crippen molar-refractivity contribution in [3.8, 4) is 0 Å². The number of rotatable bonds is 5. The first-order valence-electron chi connectivity index (χ1n) is 5.10. The van der Waals surface area contributed by atoms with Gasteiger partial charge in [-0.25, -0.2) is 0 Å². The molecule has 15 heavy (non-hydrogen) atoms. The maximum atomic E-state index is 11.4. The van der Waals surface area contributed by atoms with Gasteiger partial charge in [-0.15, -0.1) is 0 Å². The van der Waals surface area contributed by atoms with Gasteiger partial charge < -0.3 is 9.84 Å². The molecule has 0 saturated carbocycles. The Bertz CT molecular complexity index is 243. The number of carboxylic acids is 1. The van der Waals surface area contributed by atoms with Crippen molar-refractivity contribution in [1.82, 2.24) is 0 Å². The van der Waals surface area contributed by atoms with Crippen LogP contribution in [0.25, 0.3) is 0 Å². The van der Waals surface area contributed by atoms with Gasteiger partial charge >= 0.3 is 11.9 Å². The molecule has 0 aliphatic heterocycles. The molecule has 0 aromatic heterocycles. The van der Waals surface area contributed by atoms with E-state index in [4.69, 9.17) is 9.84 Å². The molecular weight excluding hydrogens is 196 g/mol. The lowest BCUT2D eigenvalue weighted by molar-refractivity contribution is -0.155. The van der Waals surface area contributed by atoms with Gasteiger partial charge in [0.2, 0.25) is 0 Å². The lowest BCUT2D eigenvalue weighted by atomic mass is 9.83. The highest BCUT2D eigenvalue weighted by atomic mass is 16.5. The molecule has 0 aromatic rings.